The van der Waals surface area contributed by atoms with Crippen molar-refractivity contribution in [2.75, 3.05) is 16.8 Å². The summed E-state index contributed by atoms with van der Waals surface area (Å²) in [6, 6.07) is 13.3. The summed E-state index contributed by atoms with van der Waals surface area (Å²) in [5, 5.41) is 2.82. The van der Waals surface area contributed by atoms with E-state index >= 15 is 0 Å². The van der Waals surface area contributed by atoms with Gasteiger partial charge < -0.3 is 15.0 Å². The van der Waals surface area contributed by atoms with Crippen LogP contribution in [0.3, 0.4) is 0 Å². The van der Waals surface area contributed by atoms with E-state index in [1.54, 1.807) is 30.0 Å². The Hall–Kier alpha value is -2.82. The molecule has 5 nitrogen and oxygen atoms in total. The lowest BCUT2D eigenvalue weighted by Crippen LogP contribution is -2.38. The lowest BCUT2D eigenvalue weighted by molar-refractivity contribution is -0.121. The number of fused-ring (bicyclic) bond motifs is 1. The molecule has 1 aliphatic rings. The van der Waals surface area contributed by atoms with Crippen LogP contribution in [0.2, 0.25) is 0 Å². The molecule has 0 unspecified atom stereocenters. The van der Waals surface area contributed by atoms with Gasteiger partial charge in [-0.15, -0.1) is 0 Å². The molecule has 0 radical (unpaired) electrons. The molecule has 0 aromatic heterocycles. The molecule has 0 saturated heterocycles. The smallest absolute Gasteiger partial charge is 0.265 e. The van der Waals surface area contributed by atoms with Gasteiger partial charge >= 0.3 is 0 Å². The second-order valence-corrected chi connectivity index (χ2v) is 5.78. The first kappa shape index (κ1) is 16.1. The largest absolute Gasteiger partial charge is 0.482 e. The van der Waals surface area contributed by atoms with E-state index in [4.69, 9.17) is 4.74 Å². The predicted octanol–water partition coefficient (Wildman–Crippen LogP) is 3.27. The highest BCUT2D eigenvalue weighted by atomic mass is 16.5. The summed E-state index contributed by atoms with van der Waals surface area (Å²) in [7, 11) is 0. The summed E-state index contributed by atoms with van der Waals surface area (Å²) < 4.78 is 5.52. The van der Waals surface area contributed by atoms with Gasteiger partial charge in [-0.3, -0.25) is 9.59 Å². The molecule has 0 atom stereocenters. The van der Waals surface area contributed by atoms with Gasteiger partial charge in [0.15, 0.2) is 6.61 Å². The van der Waals surface area contributed by atoms with Crippen LogP contribution in [0.4, 0.5) is 11.4 Å². The minimum atomic E-state index is -0.0929. The number of carbonyl (C=O) groups excluding carboxylic acids is 2. The highest BCUT2D eigenvalue weighted by Crippen LogP contribution is 2.35. The van der Waals surface area contributed by atoms with Crippen LogP contribution in [0.25, 0.3) is 0 Å². The molecule has 24 heavy (non-hydrogen) atoms. The molecule has 1 N–H and O–H groups in total. The zero-order chi connectivity index (χ0) is 17.1. The number of nitrogens with zero attached hydrogens (tertiary/aromatic N) is 1. The van der Waals surface area contributed by atoms with Crippen LogP contribution in [-0.4, -0.2) is 18.4 Å². The average Bonchev–Trinajstić information content (AvgIpc) is 2.59. The zero-order valence-electron chi connectivity index (χ0n) is 13.8. The predicted molar refractivity (Wildman–Crippen MR) is 93.2 cm³/mol. The van der Waals surface area contributed by atoms with Gasteiger partial charge in [-0.2, -0.15) is 0 Å². The summed E-state index contributed by atoms with van der Waals surface area (Å²) in [5.41, 5.74) is 3.56. The molecule has 1 aliphatic heterocycles. The third-order valence-corrected chi connectivity index (χ3v) is 4.10. The molecule has 2 aromatic rings. The summed E-state index contributed by atoms with van der Waals surface area (Å²) in [5.74, 6) is 0.492. The van der Waals surface area contributed by atoms with Crippen LogP contribution in [0.1, 0.15) is 24.5 Å². The molecule has 0 spiro atoms. The van der Waals surface area contributed by atoms with Crippen LogP contribution in [0.5, 0.6) is 5.75 Å². The number of amides is 2. The van der Waals surface area contributed by atoms with Gasteiger partial charge in [0.25, 0.3) is 5.91 Å². The Morgan fingerprint density at radius 1 is 1.25 bits per heavy atom. The highest BCUT2D eigenvalue weighted by molar-refractivity contribution is 5.99. The van der Waals surface area contributed by atoms with Gasteiger partial charge in [0.2, 0.25) is 5.91 Å². The number of hydrogen-bond acceptors (Lipinski definition) is 3. The van der Waals surface area contributed by atoms with Crippen molar-refractivity contribution in [1.82, 2.24) is 0 Å². The maximum absolute atomic E-state index is 12.4. The van der Waals surface area contributed by atoms with E-state index in [1.807, 2.05) is 31.2 Å². The lowest BCUT2D eigenvalue weighted by Gasteiger charge is -2.30. The van der Waals surface area contributed by atoms with Crippen molar-refractivity contribution in [1.29, 1.82) is 0 Å². The number of benzene rings is 2. The average molecular weight is 324 g/mol. The third-order valence-electron chi connectivity index (χ3n) is 4.10. The minimum absolute atomic E-state index is 0.0273. The van der Waals surface area contributed by atoms with Gasteiger partial charge in [0, 0.05) is 12.1 Å². The third kappa shape index (κ3) is 3.25. The van der Waals surface area contributed by atoms with Crippen LogP contribution < -0.4 is 15.0 Å². The van der Waals surface area contributed by atoms with Crippen LogP contribution in [0, 0.1) is 6.92 Å². The first-order chi connectivity index (χ1) is 11.6. The first-order valence-corrected chi connectivity index (χ1v) is 8.00. The molecule has 124 valence electrons. The fourth-order valence-electron chi connectivity index (χ4n) is 2.66. The Morgan fingerprint density at radius 2 is 2.04 bits per heavy atom. The topological polar surface area (TPSA) is 58.6 Å². The molecule has 0 bridgehead atoms. The summed E-state index contributed by atoms with van der Waals surface area (Å²) in [4.78, 5) is 25.7. The van der Waals surface area contributed by atoms with Gasteiger partial charge in [0.05, 0.1) is 12.2 Å². The number of ether oxygens (including phenoxy) is 1. The summed E-state index contributed by atoms with van der Waals surface area (Å²) in [6.07, 6.45) is 0.402. The number of anilines is 2. The zero-order valence-corrected chi connectivity index (χ0v) is 13.8. The van der Waals surface area contributed by atoms with Gasteiger partial charge in [0.1, 0.15) is 5.75 Å². The van der Waals surface area contributed by atoms with Crippen molar-refractivity contribution in [3.63, 3.8) is 0 Å². The monoisotopic (exact) mass is 324 g/mol. The maximum Gasteiger partial charge on any atom is 0.265 e. The molecule has 0 saturated carbocycles. The minimum Gasteiger partial charge on any atom is -0.482 e. The Balaban J connectivity index is 1.93. The number of nitrogens with one attached hydrogen (secondary N) is 1. The Morgan fingerprint density at radius 3 is 2.79 bits per heavy atom. The van der Waals surface area contributed by atoms with Crippen molar-refractivity contribution in [3.05, 3.63) is 53.6 Å². The van der Waals surface area contributed by atoms with Gasteiger partial charge in [-0.1, -0.05) is 31.2 Å². The molecular weight excluding hydrogens is 304 g/mol. The standard InChI is InChI=1S/C19H20N2O3/c1-3-18(22)20-15-8-9-17-16(10-15)21(19(23)12-24-17)11-14-7-5-4-6-13(14)2/h4-10H,3,11-12H2,1-2H3,(H,20,22). The van der Waals surface area contributed by atoms with Crippen LogP contribution >= 0.6 is 0 Å². The number of rotatable bonds is 4. The SMILES string of the molecule is CCC(=O)Nc1ccc2c(c1)N(Cc1ccccc1C)C(=O)CO2. The van der Waals surface area contributed by atoms with E-state index in [1.165, 1.54) is 0 Å². The molecule has 2 amide bonds. The molecular formula is C19H20N2O3. The number of carbonyl (C=O) groups is 2. The molecule has 0 fully saturated rings. The van der Waals surface area contributed by atoms with Crippen molar-refractivity contribution in [3.8, 4) is 5.75 Å². The quantitative estimate of drug-likeness (QED) is 0.939. The van der Waals surface area contributed by atoms with Crippen LogP contribution in [0.15, 0.2) is 42.5 Å². The van der Waals surface area contributed by atoms with Crippen molar-refractivity contribution in [2.45, 2.75) is 26.8 Å². The second kappa shape index (κ2) is 6.74. The molecule has 2 aromatic carbocycles. The van der Waals surface area contributed by atoms with E-state index < -0.39 is 0 Å². The fourth-order valence-corrected chi connectivity index (χ4v) is 2.66. The summed E-state index contributed by atoms with van der Waals surface area (Å²) >= 11 is 0. The van der Waals surface area contributed by atoms with E-state index in [0.717, 1.165) is 11.1 Å². The van der Waals surface area contributed by atoms with E-state index in [0.29, 0.717) is 30.1 Å². The molecule has 5 heteroatoms. The fraction of sp³-hybridized carbons (Fsp3) is 0.263. The maximum atomic E-state index is 12.4. The highest BCUT2D eigenvalue weighted by Gasteiger charge is 2.26. The normalized spacial score (nSPS) is 13.2. The Kier molecular flexibility index (Phi) is 4.51. The van der Waals surface area contributed by atoms with Crippen LogP contribution in [-0.2, 0) is 16.1 Å². The number of hydrogen-bond donors (Lipinski definition) is 1. The van der Waals surface area contributed by atoms with Crippen molar-refractivity contribution < 1.29 is 14.3 Å². The van der Waals surface area contributed by atoms with Crippen molar-refractivity contribution in [2.24, 2.45) is 0 Å². The Labute approximate surface area is 141 Å². The second-order valence-electron chi connectivity index (χ2n) is 5.78. The summed E-state index contributed by atoms with van der Waals surface area (Å²) in [6.45, 7) is 4.33. The van der Waals surface area contributed by atoms with Crippen molar-refractivity contribution >= 4 is 23.2 Å². The molecule has 0 aliphatic carbocycles. The van der Waals surface area contributed by atoms with E-state index in [9.17, 15) is 9.59 Å². The first-order valence-electron chi connectivity index (χ1n) is 8.00. The number of aryl methyl sites for hydroxylation is 1. The Bertz CT molecular complexity index is 786. The van der Waals surface area contributed by atoms with E-state index in [2.05, 4.69) is 5.32 Å². The lowest BCUT2D eigenvalue weighted by atomic mass is 10.1. The van der Waals surface area contributed by atoms with Gasteiger partial charge in [-0.05, 0) is 36.2 Å². The van der Waals surface area contributed by atoms with E-state index in [-0.39, 0.29) is 18.4 Å². The molecule has 1 heterocycles. The van der Waals surface area contributed by atoms with Gasteiger partial charge in [-0.25, -0.2) is 0 Å². The molecule has 3 rings (SSSR count).